The lowest BCUT2D eigenvalue weighted by atomic mass is 10.0. The molecule has 0 bridgehead atoms. The van der Waals surface area contributed by atoms with Crippen molar-refractivity contribution in [1.29, 1.82) is 0 Å². The molecule has 0 saturated carbocycles. The number of carboxylic acids is 1. The van der Waals surface area contributed by atoms with E-state index in [-0.39, 0.29) is 11.3 Å². The molecule has 13 aromatic rings. The minimum atomic E-state index is -5.04. The van der Waals surface area contributed by atoms with Crippen molar-refractivity contribution < 1.29 is 51.0 Å². The quantitative estimate of drug-likeness (QED) is 0.109. The van der Waals surface area contributed by atoms with Crippen molar-refractivity contribution >= 4 is 34.2 Å². The van der Waals surface area contributed by atoms with Crippen LogP contribution in [0, 0.1) is 55.4 Å². The van der Waals surface area contributed by atoms with Crippen LogP contribution in [-0.2, 0) is 32.1 Å². The van der Waals surface area contributed by atoms with Crippen LogP contribution in [0.5, 0.6) is 5.75 Å². The van der Waals surface area contributed by atoms with Gasteiger partial charge in [0.1, 0.15) is 29.1 Å². The van der Waals surface area contributed by atoms with E-state index in [9.17, 15) is 28.2 Å². The highest BCUT2D eigenvalue weighted by Gasteiger charge is 2.34. The predicted octanol–water partition coefficient (Wildman–Crippen LogP) is 16.2. The Labute approximate surface area is 571 Å². The Morgan fingerprint density at radius 1 is 0.560 bits per heavy atom. The number of fused-ring (bicyclic) bond motifs is 4. The van der Waals surface area contributed by atoms with Crippen LogP contribution in [0.3, 0.4) is 0 Å². The first-order chi connectivity index (χ1) is 48.2. The molecule has 2 N–H and O–H groups in total. The number of aliphatic hydroxyl groups is 1. The van der Waals surface area contributed by atoms with Crippen molar-refractivity contribution in [3.63, 3.8) is 0 Å². The molecule has 12 heterocycles. The van der Waals surface area contributed by atoms with Gasteiger partial charge >= 0.3 is 12.3 Å². The minimum Gasteiger partial charge on any atom is -0.478 e. The van der Waals surface area contributed by atoms with E-state index in [4.69, 9.17) is 23.1 Å². The van der Waals surface area contributed by atoms with E-state index in [1.54, 1.807) is 50.8 Å². The molecule has 23 heteroatoms. The highest BCUT2D eigenvalue weighted by atomic mass is 19.4. The molecule has 12 aromatic heterocycles. The van der Waals surface area contributed by atoms with Gasteiger partial charge in [0.05, 0.1) is 67.8 Å². The predicted molar refractivity (Wildman–Crippen MR) is 368 cm³/mol. The number of aliphatic hydroxyl groups excluding tert-OH is 1. The van der Waals surface area contributed by atoms with Crippen molar-refractivity contribution in [2.75, 3.05) is 0 Å². The van der Waals surface area contributed by atoms with E-state index >= 15 is 0 Å². The summed E-state index contributed by atoms with van der Waals surface area (Å²) in [4.78, 5) is 42.8. The molecule has 1 atom stereocenters. The lowest BCUT2D eigenvalue weighted by Gasteiger charge is -2.15. The van der Waals surface area contributed by atoms with Gasteiger partial charge < -0.3 is 37.6 Å². The number of aryl methyl sites for hydroxylation is 8. The Kier molecular flexibility index (Phi) is 18.7. The van der Waals surface area contributed by atoms with Gasteiger partial charge in [-0.1, -0.05) is 57.1 Å². The molecule has 3 aliphatic rings. The molecule has 3 aliphatic carbocycles. The standard InChI is InChI=1S/C26H19F3N4O4.C19H17N3O2.C19H17N3O.C13H12N2O/c1-14-23(15(2)37-32-14)17-10-21-24(31-12-17)18(9-19-5-3-4-8-30-19)13-33(21)20-7-6-16(25(34)35)11-22(20)36-26(27,28)29;1-11-17(12(2)24-22-11)14-9-13-6-7-15(18(13)21-10-14)19(23)16-5-3-4-8-20-16;1-12-18(13(2)23-22-12)16-9-14-6-7-15(19(14)21-11-16)10-17-5-3-4-8-20-17;1-8-13(9(2)16-15-8)11-6-10-4-3-5-12(10)14-7-11/h3-8,10-13H,9H2,1-2H3,(H,34,35);3-5,7-10,19,23H,6H2,1-2H3;3-5,7-9,11H,6,10H2,1-2H3;3,5-7H,4H2,1-2H3. The zero-order chi connectivity index (χ0) is 69.9. The van der Waals surface area contributed by atoms with Crippen molar-refractivity contribution in [1.82, 2.24) is 60.1 Å². The maximum atomic E-state index is 13.3. The number of alkyl halides is 3. The van der Waals surface area contributed by atoms with Gasteiger partial charge in [0.25, 0.3) is 0 Å². The Bertz CT molecular complexity index is 5230. The van der Waals surface area contributed by atoms with Crippen LogP contribution >= 0.6 is 0 Å². The number of aromatic carboxylic acids is 1. The maximum Gasteiger partial charge on any atom is 0.573 e. The number of allylic oxidation sites excluding steroid dienone is 4. The molecule has 0 saturated heterocycles. The highest BCUT2D eigenvalue weighted by Crippen LogP contribution is 2.41. The van der Waals surface area contributed by atoms with Crippen LogP contribution in [0.15, 0.2) is 183 Å². The number of nitrogens with zero attached hydrogens (tertiary/aromatic N) is 12. The average Bonchev–Trinajstić information content (AvgIpc) is 1.60. The van der Waals surface area contributed by atoms with Gasteiger partial charge in [-0.15, -0.1) is 13.2 Å². The average molecular weight is 1340 g/mol. The summed E-state index contributed by atoms with van der Waals surface area (Å²) in [6.45, 7) is 15.1. The second-order valence-corrected chi connectivity index (χ2v) is 24.2. The van der Waals surface area contributed by atoms with Crippen LogP contribution in [0.4, 0.5) is 13.2 Å². The summed E-state index contributed by atoms with van der Waals surface area (Å²) in [6.07, 6.45) is 20.6. The minimum absolute atomic E-state index is 0.00249. The molecular weight excluding hydrogens is 1280 g/mol. The number of hydrogen-bond donors (Lipinski definition) is 2. The largest absolute Gasteiger partial charge is 0.573 e. The molecule has 0 amide bonds. The first-order valence-corrected chi connectivity index (χ1v) is 32.0. The normalized spacial score (nSPS) is 12.9. The molecule has 0 spiro atoms. The Hall–Kier alpha value is -12.1. The Morgan fingerprint density at radius 3 is 1.60 bits per heavy atom. The van der Waals surface area contributed by atoms with E-state index in [1.807, 2.05) is 115 Å². The number of halogens is 3. The van der Waals surface area contributed by atoms with Gasteiger partial charge in [-0.2, -0.15) is 0 Å². The van der Waals surface area contributed by atoms with Crippen LogP contribution < -0.4 is 4.74 Å². The summed E-state index contributed by atoms with van der Waals surface area (Å²) in [5, 5.41) is 35.9. The SMILES string of the molecule is Cc1noc(C)c1-c1cnc2c(Cc3ccccn3)cn(-c3ccc(C(=O)O)cc3OC(F)(F)F)c2c1.Cc1noc(C)c1-c1cnc2c(c1)CC=C2.Cc1noc(C)c1-c1cnc2c(c1)CC=C2C(O)c1ccccn1.Cc1noc(C)c1-c1cnc2c(c1)CC=C2Cc1ccccn1. The summed E-state index contributed by atoms with van der Waals surface area (Å²) in [5.74, 6) is 1.01. The van der Waals surface area contributed by atoms with E-state index in [0.717, 1.165) is 145 Å². The number of hydrogen-bond acceptors (Lipinski definition) is 18. The molecule has 16 rings (SSSR count). The fourth-order valence-corrected chi connectivity index (χ4v) is 12.8. The van der Waals surface area contributed by atoms with E-state index < -0.39 is 24.2 Å². The number of rotatable bonds is 13. The first kappa shape index (κ1) is 66.5. The summed E-state index contributed by atoms with van der Waals surface area (Å²) >= 11 is 0. The van der Waals surface area contributed by atoms with Crippen LogP contribution in [0.25, 0.3) is 78.5 Å². The number of aromatic nitrogens is 12. The fraction of sp³-hybridized carbons (Fsp3) is 0.195. The number of benzene rings is 1. The van der Waals surface area contributed by atoms with Gasteiger partial charge in [0.2, 0.25) is 0 Å². The highest BCUT2D eigenvalue weighted by molar-refractivity contribution is 5.90. The van der Waals surface area contributed by atoms with Gasteiger partial charge in [-0.25, -0.2) is 4.79 Å². The van der Waals surface area contributed by atoms with Crippen molar-refractivity contribution in [2.45, 2.75) is 100.0 Å². The third kappa shape index (κ3) is 14.0. The van der Waals surface area contributed by atoms with Crippen molar-refractivity contribution in [3.8, 4) is 55.9 Å². The van der Waals surface area contributed by atoms with Crippen LogP contribution in [-0.4, -0.2) is 82.6 Å². The van der Waals surface area contributed by atoms with Gasteiger partial charge in [-0.3, -0.25) is 34.9 Å². The maximum absolute atomic E-state index is 13.3. The molecule has 0 fully saturated rings. The van der Waals surface area contributed by atoms with Gasteiger partial charge in [0.15, 0.2) is 5.75 Å². The van der Waals surface area contributed by atoms with Crippen LogP contribution in [0.1, 0.15) is 119 Å². The molecule has 0 radical (unpaired) electrons. The number of carbonyl (C=O) groups is 1. The zero-order valence-electron chi connectivity index (χ0n) is 55.6. The molecule has 0 aliphatic heterocycles. The van der Waals surface area contributed by atoms with Gasteiger partial charge in [0, 0.05) is 129 Å². The summed E-state index contributed by atoms with van der Waals surface area (Å²) < 4.78 is 66.6. The van der Waals surface area contributed by atoms with Crippen molar-refractivity contribution in [3.05, 3.63) is 273 Å². The first-order valence-electron chi connectivity index (χ1n) is 32.0. The lowest BCUT2D eigenvalue weighted by Crippen LogP contribution is -2.18. The van der Waals surface area contributed by atoms with E-state index in [0.29, 0.717) is 45.7 Å². The third-order valence-corrected chi connectivity index (χ3v) is 17.4. The fourth-order valence-electron chi connectivity index (χ4n) is 12.8. The Morgan fingerprint density at radius 2 is 1.07 bits per heavy atom. The Balaban J connectivity index is 0.000000125. The monoisotopic (exact) mass is 1340 g/mol. The second-order valence-electron chi connectivity index (χ2n) is 24.2. The summed E-state index contributed by atoms with van der Waals surface area (Å²) in [5.41, 5.74) is 23.5. The van der Waals surface area contributed by atoms with E-state index in [2.05, 4.69) is 97.8 Å². The number of pyridine rings is 7. The summed E-state index contributed by atoms with van der Waals surface area (Å²) in [6, 6.07) is 28.6. The molecule has 1 unspecified atom stereocenters. The third-order valence-electron chi connectivity index (χ3n) is 17.4. The second kappa shape index (κ2) is 28.2. The molecule has 1 aromatic carbocycles. The zero-order valence-corrected chi connectivity index (χ0v) is 55.6. The number of ether oxygens (including phenoxy) is 1. The molecular formula is C77H65F3N12O8. The molecule has 20 nitrogen and oxygen atoms in total. The lowest BCUT2D eigenvalue weighted by molar-refractivity contribution is -0.274. The topological polar surface area (TPSA) is 266 Å². The van der Waals surface area contributed by atoms with Crippen molar-refractivity contribution in [2.24, 2.45) is 0 Å². The van der Waals surface area contributed by atoms with E-state index in [1.165, 1.54) is 33.4 Å². The number of carboxylic acid groups (broad SMARTS) is 1. The smallest absolute Gasteiger partial charge is 0.478 e. The molecule has 502 valence electrons. The van der Waals surface area contributed by atoms with Crippen LogP contribution in [0.2, 0.25) is 0 Å². The molecule has 100 heavy (non-hydrogen) atoms. The summed E-state index contributed by atoms with van der Waals surface area (Å²) in [7, 11) is 0. The van der Waals surface area contributed by atoms with Gasteiger partial charge in [-0.05, 0) is 182 Å².